The van der Waals surface area contributed by atoms with Crippen molar-refractivity contribution in [2.75, 3.05) is 17.2 Å². The van der Waals surface area contributed by atoms with Gasteiger partial charge in [0.05, 0.1) is 4.92 Å². The molecule has 28 heavy (non-hydrogen) atoms. The first-order valence-corrected chi connectivity index (χ1v) is 8.32. The van der Waals surface area contributed by atoms with Crippen molar-refractivity contribution in [1.29, 1.82) is 0 Å². The van der Waals surface area contributed by atoms with E-state index in [0.29, 0.717) is 17.3 Å². The summed E-state index contributed by atoms with van der Waals surface area (Å²) in [5, 5.41) is 16.5. The molecule has 0 aliphatic rings. The van der Waals surface area contributed by atoms with Crippen molar-refractivity contribution < 1.29 is 14.5 Å². The van der Waals surface area contributed by atoms with Crippen molar-refractivity contribution in [2.45, 2.75) is 6.92 Å². The van der Waals surface area contributed by atoms with E-state index in [9.17, 15) is 14.9 Å². The zero-order valence-corrected chi connectivity index (χ0v) is 15.0. The average Bonchev–Trinajstić information content (AvgIpc) is 2.68. The van der Waals surface area contributed by atoms with Gasteiger partial charge in [0.25, 0.3) is 11.6 Å². The number of benzene rings is 2. The van der Waals surface area contributed by atoms with Gasteiger partial charge in [0.15, 0.2) is 6.61 Å². The minimum absolute atomic E-state index is 0.0392. The highest BCUT2D eigenvalue weighted by atomic mass is 16.6. The van der Waals surface area contributed by atoms with E-state index in [1.54, 1.807) is 12.1 Å². The summed E-state index contributed by atoms with van der Waals surface area (Å²) in [6, 6.07) is 14.5. The molecule has 2 aromatic carbocycles. The number of aromatic nitrogens is 2. The molecule has 0 radical (unpaired) electrons. The van der Waals surface area contributed by atoms with Crippen LogP contribution in [0.2, 0.25) is 0 Å². The Hall–Kier alpha value is -4.01. The van der Waals surface area contributed by atoms with E-state index in [1.165, 1.54) is 30.6 Å². The van der Waals surface area contributed by atoms with Gasteiger partial charge in [-0.3, -0.25) is 14.9 Å². The fraction of sp³-hybridized carbons (Fsp3) is 0.105. The molecule has 9 heteroatoms. The van der Waals surface area contributed by atoms with E-state index in [0.717, 1.165) is 11.4 Å². The second-order valence-corrected chi connectivity index (χ2v) is 5.83. The minimum atomic E-state index is -0.499. The Balaban J connectivity index is 1.50. The van der Waals surface area contributed by atoms with Gasteiger partial charge < -0.3 is 15.4 Å². The lowest BCUT2D eigenvalue weighted by Crippen LogP contribution is -2.20. The number of rotatable bonds is 7. The minimum Gasteiger partial charge on any atom is -0.484 e. The topological polar surface area (TPSA) is 119 Å². The van der Waals surface area contributed by atoms with Crippen molar-refractivity contribution >= 4 is 28.8 Å². The predicted molar refractivity (Wildman–Crippen MR) is 104 cm³/mol. The molecule has 1 amide bonds. The molecule has 0 saturated carbocycles. The van der Waals surface area contributed by atoms with Crippen LogP contribution in [0.15, 0.2) is 60.9 Å². The highest BCUT2D eigenvalue weighted by Gasteiger charge is 2.07. The lowest BCUT2D eigenvalue weighted by Gasteiger charge is -2.09. The first kappa shape index (κ1) is 18.8. The number of carbonyl (C=O) groups excluding carboxylic acids is 1. The molecule has 0 bridgehead atoms. The number of nitro benzene ring substituents is 1. The Morgan fingerprint density at radius 3 is 2.39 bits per heavy atom. The normalized spacial score (nSPS) is 10.2. The molecule has 0 aliphatic heterocycles. The highest BCUT2D eigenvalue weighted by molar-refractivity contribution is 5.92. The summed E-state index contributed by atoms with van der Waals surface area (Å²) in [7, 11) is 0. The third-order valence-electron chi connectivity index (χ3n) is 3.66. The molecule has 9 nitrogen and oxygen atoms in total. The molecule has 0 aliphatic carbocycles. The zero-order valence-electron chi connectivity index (χ0n) is 15.0. The van der Waals surface area contributed by atoms with Crippen LogP contribution in [-0.4, -0.2) is 27.4 Å². The number of aryl methyl sites for hydroxylation is 1. The number of hydrogen-bond donors (Lipinski definition) is 2. The van der Waals surface area contributed by atoms with E-state index < -0.39 is 4.92 Å². The second-order valence-electron chi connectivity index (χ2n) is 5.83. The van der Waals surface area contributed by atoms with Crippen molar-refractivity contribution in [2.24, 2.45) is 0 Å². The number of nitro groups is 1. The van der Waals surface area contributed by atoms with E-state index in [-0.39, 0.29) is 18.2 Å². The predicted octanol–water partition coefficient (Wildman–Crippen LogP) is 3.45. The molecule has 0 spiro atoms. The number of carbonyl (C=O) groups is 1. The van der Waals surface area contributed by atoms with Crippen molar-refractivity contribution in [3.05, 3.63) is 76.7 Å². The molecule has 2 N–H and O–H groups in total. The lowest BCUT2D eigenvalue weighted by atomic mass is 10.2. The fourth-order valence-corrected chi connectivity index (χ4v) is 2.32. The Morgan fingerprint density at radius 1 is 1.07 bits per heavy atom. The van der Waals surface area contributed by atoms with Gasteiger partial charge in [-0.15, -0.1) is 0 Å². The molecule has 3 aromatic rings. The number of amides is 1. The molecule has 0 atom stereocenters. The molecule has 1 aromatic heterocycles. The third-order valence-corrected chi connectivity index (χ3v) is 3.66. The number of non-ortho nitro benzene ring substituents is 1. The maximum absolute atomic E-state index is 12.0. The number of hydrogen-bond acceptors (Lipinski definition) is 7. The van der Waals surface area contributed by atoms with E-state index in [4.69, 9.17) is 4.74 Å². The number of anilines is 3. The van der Waals surface area contributed by atoms with Crippen LogP contribution in [0, 0.1) is 17.0 Å². The quantitative estimate of drug-likeness (QED) is 0.476. The first-order valence-electron chi connectivity index (χ1n) is 8.32. The van der Waals surface area contributed by atoms with Gasteiger partial charge in [-0.1, -0.05) is 0 Å². The maximum atomic E-state index is 12.0. The number of nitrogens with one attached hydrogen (secondary N) is 2. The van der Waals surface area contributed by atoms with Crippen molar-refractivity contribution in [3.63, 3.8) is 0 Å². The summed E-state index contributed by atoms with van der Waals surface area (Å²) < 4.78 is 5.33. The van der Waals surface area contributed by atoms with E-state index >= 15 is 0 Å². The summed E-state index contributed by atoms with van der Waals surface area (Å²) in [4.78, 5) is 30.3. The summed E-state index contributed by atoms with van der Waals surface area (Å²) in [6.45, 7) is 1.67. The van der Waals surface area contributed by atoms with Gasteiger partial charge >= 0.3 is 0 Å². The molecular weight excluding hydrogens is 362 g/mol. The fourth-order valence-electron chi connectivity index (χ4n) is 2.32. The number of ether oxygens (including phenoxy) is 1. The Bertz CT molecular complexity index is 974. The van der Waals surface area contributed by atoms with Crippen LogP contribution < -0.4 is 15.4 Å². The average molecular weight is 379 g/mol. The first-order chi connectivity index (χ1) is 13.5. The van der Waals surface area contributed by atoms with Gasteiger partial charge in [0.1, 0.15) is 17.9 Å². The Labute approximate surface area is 160 Å². The molecular formula is C19H17N5O4. The zero-order chi connectivity index (χ0) is 19.9. The summed E-state index contributed by atoms with van der Waals surface area (Å²) in [6.07, 6.45) is 1.48. The highest BCUT2D eigenvalue weighted by Crippen LogP contribution is 2.19. The van der Waals surface area contributed by atoms with Crippen LogP contribution in [0.4, 0.5) is 22.9 Å². The van der Waals surface area contributed by atoms with Crippen LogP contribution in [0.3, 0.4) is 0 Å². The third kappa shape index (κ3) is 5.24. The van der Waals surface area contributed by atoms with Crippen molar-refractivity contribution in [3.8, 4) is 5.75 Å². The summed E-state index contributed by atoms with van der Waals surface area (Å²) >= 11 is 0. The SMILES string of the molecule is Cc1cc(Nc2ccc(NC(=O)COc3ccc([N+](=O)[O-])cc3)cc2)ncn1. The summed E-state index contributed by atoms with van der Waals surface area (Å²) in [5.74, 6) is 0.715. The molecule has 3 rings (SSSR count). The second kappa shape index (κ2) is 8.58. The number of nitrogens with zero attached hydrogens (tertiary/aromatic N) is 3. The van der Waals surface area contributed by atoms with Crippen molar-refractivity contribution in [1.82, 2.24) is 9.97 Å². The van der Waals surface area contributed by atoms with Crippen LogP contribution >= 0.6 is 0 Å². The van der Waals surface area contributed by atoms with Gasteiger partial charge in [-0.05, 0) is 43.3 Å². The van der Waals surface area contributed by atoms with Crippen LogP contribution in [0.5, 0.6) is 5.75 Å². The summed E-state index contributed by atoms with van der Waals surface area (Å²) in [5.41, 5.74) is 2.25. The van der Waals surface area contributed by atoms with E-state index in [1.807, 2.05) is 25.1 Å². The monoisotopic (exact) mass is 379 g/mol. The van der Waals surface area contributed by atoms with Gasteiger partial charge in [-0.25, -0.2) is 9.97 Å². The molecule has 142 valence electrons. The van der Waals surface area contributed by atoms with Crippen LogP contribution in [0.25, 0.3) is 0 Å². The molecule has 1 heterocycles. The Morgan fingerprint density at radius 2 is 1.75 bits per heavy atom. The van der Waals surface area contributed by atoms with Gasteiger partial charge in [0, 0.05) is 35.3 Å². The molecule has 0 fully saturated rings. The largest absolute Gasteiger partial charge is 0.484 e. The maximum Gasteiger partial charge on any atom is 0.269 e. The standard InChI is InChI=1S/C19H17N5O4/c1-13-10-18(21-12-20-13)22-14-2-4-15(5-3-14)23-19(25)11-28-17-8-6-16(7-9-17)24(26)27/h2-10,12H,11H2,1H3,(H,23,25)(H,20,21,22). The Kier molecular flexibility index (Phi) is 5.75. The lowest BCUT2D eigenvalue weighted by molar-refractivity contribution is -0.384. The van der Waals surface area contributed by atoms with E-state index in [2.05, 4.69) is 20.6 Å². The van der Waals surface area contributed by atoms with Gasteiger partial charge in [-0.2, -0.15) is 0 Å². The van der Waals surface area contributed by atoms with Gasteiger partial charge in [0.2, 0.25) is 0 Å². The van der Waals surface area contributed by atoms with Crippen LogP contribution in [0.1, 0.15) is 5.69 Å². The molecule has 0 saturated heterocycles. The van der Waals surface area contributed by atoms with Crippen LogP contribution in [-0.2, 0) is 4.79 Å². The molecule has 0 unspecified atom stereocenters. The smallest absolute Gasteiger partial charge is 0.269 e.